The molecule has 0 saturated carbocycles. The van der Waals surface area contributed by atoms with Gasteiger partial charge >= 0.3 is 0 Å². The first kappa shape index (κ1) is 14.9. The molecule has 0 spiro atoms. The lowest BCUT2D eigenvalue weighted by molar-refractivity contribution is -0.114. The quantitative estimate of drug-likeness (QED) is 0.686. The molecule has 0 aliphatic carbocycles. The van der Waals surface area contributed by atoms with E-state index < -0.39 is 0 Å². The Morgan fingerprint density at radius 1 is 1.19 bits per heavy atom. The minimum Gasteiger partial charge on any atom is -0.398 e. The Balaban J connectivity index is 2.15. The number of benzene rings is 2. The summed E-state index contributed by atoms with van der Waals surface area (Å²) < 4.78 is 0. The summed E-state index contributed by atoms with van der Waals surface area (Å²) in [4.78, 5) is 14.0. The summed E-state index contributed by atoms with van der Waals surface area (Å²) in [5, 5.41) is 0. The van der Waals surface area contributed by atoms with Gasteiger partial charge in [0, 0.05) is 24.0 Å². The third-order valence-corrected chi connectivity index (χ3v) is 3.37. The summed E-state index contributed by atoms with van der Waals surface area (Å²) in [6, 6.07) is 15.4. The minimum absolute atomic E-state index is 0.0390. The molecule has 2 aromatic rings. The molecule has 0 radical (unpaired) electrons. The van der Waals surface area contributed by atoms with E-state index in [9.17, 15) is 4.79 Å². The van der Waals surface area contributed by atoms with Gasteiger partial charge in [-0.15, -0.1) is 0 Å². The van der Waals surface area contributed by atoms with E-state index in [1.165, 1.54) is 0 Å². The number of nitrogens with zero attached hydrogens (tertiary/aromatic N) is 1. The number of anilines is 2. The highest BCUT2D eigenvalue weighted by atomic mass is 16.2. The molecule has 0 aromatic heterocycles. The van der Waals surface area contributed by atoms with E-state index in [1.807, 2.05) is 62.4 Å². The Morgan fingerprint density at radius 3 is 2.52 bits per heavy atom. The third kappa shape index (κ3) is 3.72. The van der Waals surface area contributed by atoms with Gasteiger partial charge in [-0.05, 0) is 49.2 Å². The molecule has 0 unspecified atom stereocenters. The lowest BCUT2D eigenvalue weighted by Crippen LogP contribution is -2.28. The molecule has 2 rings (SSSR count). The van der Waals surface area contributed by atoms with E-state index in [0.717, 1.165) is 22.5 Å². The van der Waals surface area contributed by atoms with Crippen LogP contribution in [-0.2, 0) is 4.79 Å². The fraction of sp³-hybridized carbons (Fsp3) is 0.167. The van der Waals surface area contributed by atoms with E-state index in [4.69, 9.17) is 5.73 Å². The van der Waals surface area contributed by atoms with Gasteiger partial charge in [0.1, 0.15) is 0 Å². The minimum atomic E-state index is -0.0390. The smallest absolute Gasteiger partial charge is 0.250 e. The number of amides is 1. The van der Waals surface area contributed by atoms with Gasteiger partial charge < -0.3 is 10.6 Å². The summed E-state index contributed by atoms with van der Waals surface area (Å²) >= 11 is 0. The van der Waals surface area contributed by atoms with Gasteiger partial charge in [-0.1, -0.05) is 30.3 Å². The summed E-state index contributed by atoms with van der Waals surface area (Å²) in [5.74, 6) is -0.0390. The molecule has 3 nitrogen and oxygen atoms in total. The van der Waals surface area contributed by atoms with Crippen molar-refractivity contribution in [1.29, 1.82) is 0 Å². The standard InChI is InChI=1S/C18H20N2O/c1-3-20(16-7-5-4-6-8-16)18(21)12-11-15-10-9-14(2)17(19)13-15/h4-13H,3,19H2,1-2H3/b12-11+. The van der Waals surface area contributed by atoms with Crippen molar-refractivity contribution in [1.82, 2.24) is 0 Å². The molecular formula is C18H20N2O. The Bertz CT molecular complexity index is 648. The highest BCUT2D eigenvalue weighted by Gasteiger charge is 2.09. The molecule has 0 fully saturated rings. The molecular weight excluding hydrogens is 260 g/mol. The van der Waals surface area contributed by atoms with Crippen molar-refractivity contribution < 1.29 is 4.79 Å². The van der Waals surface area contributed by atoms with E-state index in [0.29, 0.717) is 6.54 Å². The first-order chi connectivity index (χ1) is 10.1. The Kier molecular flexibility index (Phi) is 4.77. The molecule has 0 saturated heterocycles. The van der Waals surface area contributed by atoms with Crippen LogP contribution in [0.1, 0.15) is 18.1 Å². The number of nitrogen functional groups attached to an aromatic ring is 1. The van der Waals surface area contributed by atoms with Gasteiger partial charge in [0.2, 0.25) is 0 Å². The molecule has 0 aliphatic heterocycles. The third-order valence-electron chi connectivity index (χ3n) is 3.37. The largest absolute Gasteiger partial charge is 0.398 e. The van der Waals surface area contributed by atoms with Crippen molar-refractivity contribution in [3.63, 3.8) is 0 Å². The molecule has 0 bridgehead atoms. The number of carbonyl (C=O) groups excluding carboxylic acids is 1. The van der Waals surface area contributed by atoms with Crippen LogP contribution in [0.4, 0.5) is 11.4 Å². The van der Waals surface area contributed by atoms with Gasteiger partial charge in [0.05, 0.1) is 0 Å². The highest BCUT2D eigenvalue weighted by Crippen LogP contribution is 2.16. The number of nitrogens with two attached hydrogens (primary N) is 1. The van der Waals surface area contributed by atoms with E-state index >= 15 is 0 Å². The first-order valence-corrected chi connectivity index (χ1v) is 7.02. The molecule has 2 aromatic carbocycles. The van der Waals surface area contributed by atoms with Crippen LogP contribution in [0, 0.1) is 6.92 Å². The van der Waals surface area contributed by atoms with Crippen LogP contribution >= 0.6 is 0 Å². The fourth-order valence-electron chi connectivity index (χ4n) is 2.09. The van der Waals surface area contributed by atoms with Gasteiger partial charge in [-0.2, -0.15) is 0 Å². The average Bonchev–Trinajstić information content (AvgIpc) is 2.50. The normalized spacial score (nSPS) is 10.8. The number of hydrogen-bond donors (Lipinski definition) is 1. The average molecular weight is 280 g/mol. The Hall–Kier alpha value is -2.55. The van der Waals surface area contributed by atoms with Gasteiger partial charge in [0.15, 0.2) is 0 Å². The second-order valence-electron chi connectivity index (χ2n) is 4.87. The highest BCUT2D eigenvalue weighted by molar-refractivity contribution is 6.03. The topological polar surface area (TPSA) is 46.3 Å². The van der Waals surface area contributed by atoms with Crippen LogP contribution in [0.3, 0.4) is 0 Å². The molecule has 0 heterocycles. The van der Waals surface area contributed by atoms with Crippen molar-refractivity contribution in [2.75, 3.05) is 17.2 Å². The van der Waals surface area contributed by atoms with Crippen LogP contribution in [0.15, 0.2) is 54.6 Å². The number of aryl methyl sites for hydroxylation is 1. The van der Waals surface area contributed by atoms with Crippen molar-refractivity contribution in [2.45, 2.75) is 13.8 Å². The molecule has 1 amide bonds. The maximum Gasteiger partial charge on any atom is 0.250 e. The van der Waals surface area contributed by atoms with Crippen molar-refractivity contribution >= 4 is 23.4 Å². The number of rotatable bonds is 4. The number of carbonyl (C=O) groups is 1. The summed E-state index contributed by atoms with van der Waals surface area (Å²) in [5.41, 5.74) is 9.48. The molecule has 0 atom stereocenters. The van der Waals surface area contributed by atoms with Crippen LogP contribution in [-0.4, -0.2) is 12.5 Å². The number of para-hydroxylation sites is 1. The Morgan fingerprint density at radius 2 is 1.90 bits per heavy atom. The van der Waals surface area contributed by atoms with Crippen LogP contribution in [0.2, 0.25) is 0 Å². The number of hydrogen-bond acceptors (Lipinski definition) is 2. The van der Waals surface area contributed by atoms with Crippen LogP contribution in [0.25, 0.3) is 6.08 Å². The lowest BCUT2D eigenvalue weighted by Gasteiger charge is -2.19. The Labute approximate surface area is 125 Å². The predicted octanol–water partition coefficient (Wildman–Crippen LogP) is 3.64. The van der Waals surface area contributed by atoms with Crippen molar-refractivity contribution in [2.24, 2.45) is 0 Å². The van der Waals surface area contributed by atoms with Gasteiger partial charge in [-0.25, -0.2) is 0 Å². The summed E-state index contributed by atoms with van der Waals surface area (Å²) in [6.45, 7) is 4.55. The summed E-state index contributed by atoms with van der Waals surface area (Å²) in [7, 11) is 0. The molecule has 2 N–H and O–H groups in total. The first-order valence-electron chi connectivity index (χ1n) is 7.02. The van der Waals surface area contributed by atoms with E-state index in [1.54, 1.807) is 17.1 Å². The van der Waals surface area contributed by atoms with Crippen LogP contribution < -0.4 is 10.6 Å². The SMILES string of the molecule is CCN(C(=O)/C=C/c1ccc(C)c(N)c1)c1ccccc1. The zero-order chi connectivity index (χ0) is 15.2. The zero-order valence-electron chi connectivity index (χ0n) is 12.4. The maximum atomic E-state index is 12.3. The van der Waals surface area contributed by atoms with Gasteiger partial charge in [0.25, 0.3) is 5.91 Å². The van der Waals surface area contributed by atoms with Crippen LogP contribution in [0.5, 0.6) is 0 Å². The van der Waals surface area contributed by atoms with Crippen molar-refractivity contribution in [3.05, 3.63) is 65.7 Å². The van der Waals surface area contributed by atoms with E-state index in [2.05, 4.69) is 0 Å². The molecule has 108 valence electrons. The predicted molar refractivity (Wildman–Crippen MR) is 89.1 cm³/mol. The van der Waals surface area contributed by atoms with E-state index in [-0.39, 0.29) is 5.91 Å². The zero-order valence-corrected chi connectivity index (χ0v) is 12.4. The second-order valence-corrected chi connectivity index (χ2v) is 4.87. The van der Waals surface area contributed by atoms with Gasteiger partial charge in [-0.3, -0.25) is 4.79 Å². The summed E-state index contributed by atoms with van der Waals surface area (Å²) in [6.07, 6.45) is 3.38. The van der Waals surface area contributed by atoms with Crippen molar-refractivity contribution in [3.8, 4) is 0 Å². The second kappa shape index (κ2) is 6.75. The molecule has 0 aliphatic rings. The maximum absolute atomic E-state index is 12.3. The fourth-order valence-corrected chi connectivity index (χ4v) is 2.09. The monoisotopic (exact) mass is 280 g/mol. The molecule has 21 heavy (non-hydrogen) atoms. The number of likely N-dealkylation sites (N-methyl/N-ethyl adjacent to an activating group) is 1. The molecule has 3 heteroatoms. The lowest BCUT2D eigenvalue weighted by atomic mass is 10.1.